The van der Waals surface area contributed by atoms with E-state index in [1.54, 1.807) is 0 Å². The summed E-state index contributed by atoms with van der Waals surface area (Å²) >= 11 is 0. The largest absolute Gasteiger partial charge is 0.522 e. The molecule has 0 saturated heterocycles. The first-order valence-corrected chi connectivity index (χ1v) is 3.33. The molecule has 0 bridgehead atoms. The third-order valence-corrected chi connectivity index (χ3v) is 0.918. The molecule has 3 N–H and O–H groups in total. The Hall–Kier alpha value is -2.63. The second-order valence-corrected chi connectivity index (χ2v) is 1.94. The number of ether oxygens (including phenoxy) is 1. The van der Waals surface area contributed by atoms with Gasteiger partial charge < -0.3 is 25.3 Å². The fraction of sp³-hybridized carbons (Fsp3) is 0.500. The van der Waals surface area contributed by atoms with E-state index in [-0.39, 0.29) is 13.3 Å². The van der Waals surface area contributed by atoms with Crippen LogP contribution in [0.5, 0.6) is 0 Å². The first-order valence-electron chi connectivity index (χ1n) is 3.33. The fourth-order valence-corrected chi connectivity index (χ4v) is 0.449. The molecule has 0 aliphatic heterocycles. The van der Waals surface area contributed by atoms with Gasteiger partial charge in [-0.25, -0.2) is 4.79 Å². The van der Waals surface area contributed by atoms with Crippen molar-refractivity contribution in [2.24, 2.45) is 0 Å². The number of hydrogen-bond donors (Lipinski definition) is 3. The molecule has 14 heavy (non-hydrogen) atoms. The molecule has 0 radical (unpaired) electrons. The summed E-state index contributed by atoms with van der Waals surface area (Å²) < 4.78 is 4.49. The van der Waals surface area contributed by atoms with Crippen LogP contribution in [0.2, 0.25) is 0 Å². The van der Waals surface area contributed by atoms with Gasteiger partial charge in [-0.15, -0.1) is 0 Å². The van der Waals surface area contributed by atoms with Gasteiger partial charge in [0.2, 0.25) is 5.91 Å². The van der Waals surface area contributed by atoms with Crippen LogP contribution in [-0.4, -0.2) is 43.3 Å². The average molecular weight is 446 g/mol. The Morgan fingerprint density at radius 2 is 2.07 bits per heavy atom. The Morgan fingerprint density at radius 3 is 2.57 bits per heavy atom. The van der Waals surface area contributed by atoms with Gasteiger partial charge in [0, 0.05) is 0 Å². The van der Waals surface area contributed by atoms with Crippen LogP contribution in [0.1, 0.15) is 0 Å². The van der Waals surface area contributed by atoms with Gasteiger partial charge in [0.05, 0.1) is 6.54 Å². The molecule has 0 fully saturated rings. The smallest absolute Gasteiger partial charge is 0.329 e. The van der Waals surface area contributed by atoms with Crippen molar-refractivity contribution in [2.45, 2.75) is 0 Å². The van der Waals surface area contributed by atoms with Crippen molar-refractivity contribution in [1.29, 1.82) is 0 Å². The van der Waals surface area contributed by atoms with Crippen LogP contribution in [0.3, 0.4) is 0 Å². The molecule has 0 aromatic carbocycles. The Kier molecular flexibility index (Phi) is 8.42. The predicted molar refractivity (Wildman–Crippen MR) is 40.3 cm³/mol. The Bertz CT molecular complexity index is 199. The molecule has 0 aliphatic rings. The zero-order chi connectivity index (χ0) is 10.1. The van der Waals surface area contributed by atoms with Crippen LogP contribution < -0.4 is 10.6 Å². The van der Waals surface area contributed by atoms with Crippen molar-refractivity contribution in [3.63, 3.8) is 0 Å². The third-order valence-electron chi connectivity index (χ3n) is 0.918. The molecule has 0 spiro atoms. The number of aliphatic carboxylic acids is 1. The molecule has 0 unspecified atom stereocenters. The van der Waals surface area contributed by atoms with E-state index >= 15 is 0 Å². The Labute approximate surface area is 74.1 Å². The van der Waals surface area contributed by atoms with E-state index in [0.717, 1.165) is 0 Å². The van der Waals surface area contributed by atoms with E-state index in [0.29, 0.717) is 0 Å². The second-order valence-electron chi connectivity index (χ2n) is 1.94. The monoisotopic (exact) mass is 446 g/mol. The van der Waals surface area contributed by atoms with Crippen molar-refractivity contribution in [2.75, 3.05) is 19.9 Å². The minimum Gasteiger partial charge on any atom is -0.522 e. The van der Waals surface area contributed by atoms with E-state index in [4.69, 9.17) is 5.11 Å². The van der Waals surface area contributed by atoms with Gasteiger partial charge in [-0.2, -0.15) is 6.41 Å². The standard InChI is InChI=1S/C6H9N2O5.Fm/c9-3-7-1-5(10)8-4-13-2-6(11)12;/h1-2,4H2,(H,7,9)(H,8,10)(H,11,12);/q-1;. The van der Waals surface area contributed by atoms with E-state index in [1.807, 2.05) is 5.32 Å². The Balaban J connectivity index is 0. The number of carbonyl (C=O) groups is 2. The number of nitrogens with one attached hydrogen (secondary N) is 2. The van der Waals surface area contributed by atoms with Crippen LogP contribution in [0.15, 0.2) is 0 Å². The van der Waals surface area contributed by atoms with Gasteiger partial charge >= 0.3 is 5.97 Å². The first-order chi connectivity index (χ1) is 6.16. The molecule has 0 aliphatic carbocycles. The summed E-state index contributed by atoms with van der Waals surface area (Å²) in [5.41, 5.74) is 0. The maximum absolute atomic E-state index is 10.7. The van der Waals surface area contributed by atoms with Crippen molar-refractivity contribution in [1.82, 2.24) is 10.6 Å². The number of hydrogen-bond acceptors (Lipinski definition) is 4. The summed E-state index contributed by atoms with van der Waals surface area (Å²) in [6.07, 6.45) is 1.31. The van der Waals surface area contributed by atoms with Gasteiger partial charge in [-0.3, -0.25) is 4.79 Å². The van der Waals surface area contributed by atoms with Gasteiger partial charge in [0.25, 0.3) is 0 Å². The van der Waals surface area contributed by atoms with Gasteiger partial charge in [-0.05, 0) is 0 Å². The molecule has 0 aromatic rings. The average Bonchev–Trinajstić information content (AvgIpc) is 2.08. The molecule has 86 valence electrons. The summed E-state index contributed by atoms with van der Waals surface area (Å²) in [5, 5.41) is 12.3. The van der Waals surface area contributed by atoms with Crippen LogP contribution in [0, 0.1) is 0 Å². The van der Waals surface area contributed by atoms with Crippen LogP contribution in [-0.2, 0) is 19.1 Å². The first kappa shape index (κ1) is 13.9. The zero-order valence-corrected chi connectivity index (χ0v) is 9.39. The number of rotatable bonds is 7. The minimum atomic E-state index is -1.12. The van der Waals surface area contributed by atoms with Gasteiger partial charge in [-0.1, -0.05) is 0 Å². The maximum atomic E-state index is 10.7. The van der Waals surface area contributed by atoms with Crippen molar-refractivity contribution in [3.05, 3.63) is 0 Å². The Morgan fingerprint density at radius 1 is 1.43 bits per heavy atom. The van der Waals surface area contributed by atoms with Gasteiger partial charge in [0.1, 0.15) is 13.3 Å². The number of carboxylic acid groups (broad SMARTS) is 1. The molecule has 0 heterocycles. The summed E-state index contributed by atoms with van der Waals surface area (Å²) in [7, 11) is 0. The molecule has 0 saturated carbocycles. The molecule has 8 heteroatoms. The van der Waals surface area contributed by atoms with Crippen LogP contribution >= 0.6 is 0 Å². The normalized spacial score (nSPS) is 8.29. The minimum absolute atomic E-state index is 0. The van der Waals surface area contributed by atoms with Gasteiger partial charge in [0.15, 0.2) is 0 Å². The molecule has 7 nitrogen and oxygen atoms in total. The summed E-state index contributed by atoms with van der Waals surface area (Å²) in [5.74, 6) is -1.60. The number of carbonyl (C=O) groups excluding carboxylic acids is 2. The number of amides is 2. The molecule has 0 rings (SSSR count). The fourth-order valence-electron chi connectivity index (χ4n) is 0.449. The van der Waals surface area contributed by atoms with Crippen LogP contribution in [0.25, 0.3) is 0 Å². The second kappa shape index (κ2) is 8.47. The van der Waals surface area contributed by atoms with Crippen molar-refractivity contribution in [3.8, 4) is 0 Å². The SMILES string of the molecule is O=[C-]NCC(=O)NCOCC(=O)O.[Fm]. The molecular formula is C6H9FmN2O5-. The maximum Gasteiger partial charge on any atom is 0.329 e. The quantitative estimate of drug-likeness (QED) is 0.179. The van der Waals surface area contributed by atoms with E-state index < -0.39 is 18.5 Å². The molecule has 2 amide bonds. The summed E-state index contributed by atoms with van der Waals surface area (Å²) in [6.45, 7) is -0.890. The molecular weight excluding hydrogens is 437 g/mol. The van der Waals surface area contributed by atoms with E-state index in [9.17, 15) is 14.4 Å². The van der Waals surface area contributed by atoms with E-state index in [1.165, 1.54) is 6.41 Å². The predicted octanol–water partition coefficient (Wildman–Crippen LogP) is -2.18. The van der Waals surface area contributed by atoms with E-state index in [2.05, 4.69) is 10.1 Å². The topological polar surface area (TPSA) is 105 Å². The van der Waals surface area contributed by atoms with Crippen LogP contribution in [0.4, 0.5) is 0 Å². The number of carboxylic acids is 1. The third kappa shape index (κ3) is 9.37. The van der Waals surface area contributed by atoms with Crippen molar-refractivity contribution < 1.29 is 24.2 Å². The zero-order valence-electron chi connectivity index (χ0n) is 6.99. The van der Waals surface area contributed by atoms with Crippen molar-refractivity contribution >= 4 is 18.3 Å². The summed E-state index contributed by atoms with van der Waals surface area (Å²) in [6, 6.07) is 0. The summed E-state index contributed by atoms with van der Waals surface area (Å²) in [4.78, 5) is 30.2. The molecule has 0 aromatic heterocycles. The molecule has 0 atom stereocenters.